The number of hydrogen-bond acceptors (Lipinski definition) is 2. The van der Waals surface area contributed by atoms with E-state index in [1.54, 1.807) is 22.5 Å². The molecule has 0 radical (unpaired) electrons. The summed E-state index contributed by atoms with van der Waals surface area (Å²) in [6, 6.07) is 7.11. The number of nitrogens with zero attached hydrogens (tertiary/aromatic N) is 1. The first kappa shape index (κ1) is 15.2. The Morgan fingerprint density at radius 2 is 1.89 bits per heavy atom. The van der Waals surface area contributed by atoms with Crippen LogP contribution in [0.2, 0.25) is 0 Å². The summed E-state index contributed by atoms with van der Waals surface area (Å²) in [5.41, 5.74) is 0.973. The second-order valence-corrected chi connectivity index (χ2v) is 6.46. The van der Waals surface area contributed by atoms with E-state index in [2.05, 4.69) is 6.92 Å². The Bertz CT molecular complexity index is 468. The fourth-order valence-electron chi connectivity index (χ4n) is 1.91. The lowest BCUT2D eigenvalue weighted by molar-refractivity contribution is 0.415. The zero-order valence-electron chi connectivity index (χ0n) is 11.5. The Morgan fingerprint density at radius 3 is 2.44 bits per heavy atom. The van der Waals surface area contributed by atoms with Gasteiger partial charge in [0.2, 0.25) is 10.0 Å². The second-order valence-electron chi connectivity index (χ2n) is 4.52. The van der Waals surface area contributed by atoms with Crippen LogP contribution < -0.4 is 0 Å². The van der Waals surface area contributed by atoms with Gasteiger partial charge in [-0.3, -0.25) is 0 Å². The van der Waals surface area contributed by atoms with Crippen LogP contribution in [0.1, 0.15) is 38.7 Å². The zero-order chi connectivity index (χ0) is 13.6. The molecule has 102 valence electrons. The van der Waals surface area contributed by atoms with Gasteiger partial charge in [-0.2, -0.15) is 4.31 Å². The van der Waals surface area contributed by atoms with Crippen LogP contribution in [0.5, 0.6) is 0 Å². The molecule has 0 aliphatic rings. The fraction of sp³-hybridized carbons (Fsp3) is 0.571. The first-order valence-electron chi connectivity index (χ1n) is 6.59. The highest BCUT2D eigenvalue weighted by Gasteiger charge is 2.22. The Morgan fingerprint density at radius 1 is 1.17 bits per heavy atom. The lowest BCUT2D eigenvalue weighted by Gasteiger charge is -2.20. The number of sulfonamides is 1. The van der Waals surface area contributed by atoms with Crippen molar-refractivity contribution in [1.29, 1.82) is 0 Å². The molecule has 0 aromatic heterocycles. The average Bonchev–Trinajstić information content (AvgIpc) is 2.34. The highest BCUT2D eigenvalue weighted by atomic mass is 32.2. The lowest BCUT2D eigenvalue weighted by atomic mass is 10.2. The van der Waals surface area contributed by atoms with Crippen molar-refractivity contribution in [3.63, 3.8) is 0 Å². The Labute approximate surface area is 111 Å². The van der Waals surface area contributed by atoms with Crippen molar-refractivity contribution in [3.05, 3.63) is 29.8 Å². The molecule has 3 nitrogen and oxygen atoms in total. The molecule has 0 aliphatic carbocycles. The Balaban J connectivity index is 2.89. The molecule has 0 amide bonds. The quantitative estimate of drug-likeness (QED) is 0.713. The van der Waals surface area contributed by atoms with Gasteiger partial charge in [0.15, 0.2) is 0 Å². The van der Waals surface area contributed by atoms with Gasteiger partial charge in [-0.15, -0.1) is 0 Å². The van der Waals surface area contributed by atoms with Crippen molar-refractivity contribution in [2.75, 3.05) is 13.1 Å². The molecule has 0 N–H and O–H groups in total. The van der Waals surface area contributed by atoms with Gasteiger partial charge in [0.05, 0.1) is 4.90 Å². The van der Waals surface area contributed by atoms with Crippen LogP contribution in [0.15, 0.2) is 29.2 Å². The third-order valence-electron chi connectivity index (χ3n) is 2.99. The molecule has 18 heavy (non-hydrogen) atoms. The van der Waals surface area contributed by atoms with Crippen LogP contribution in [0.4, 0.5) is 0 Å². The first-order valence-corrected chi connectivity index (χ1v) is 8.03. The highest BCUT2D eigenvalue weighted by molar-refractivity contribution is 7.89. The molecule has 1 aromatic carbocycles. The predicted molar refractivity (Wildman–Crippen MR) is 75.1 cm³/mol. The van der Waals surface area contributed by atoms with E-state index < -0.39 is 10.0 Å². The van der Waals surface area contributed by atoms with Crippen LogP contribution in [0, 0.1) is 6.92 Å². The van der Waals surface area contributed by atoms with Crippen LogP contribution in [-0.4, -0.2) is 25.8 Å². The number of unbranched alkanes of at least 4 members (excludes halogenated alkanes) is 2. The molecular weight excluding hydrogens is 246 g/mol. The fourth-order valence-corrected chi connectivity index (χ4v) is 3.50. The average molecular weight is 269 g/mol. The van der Waals surface area contributed by atoms with E-state index in [1.165, 1.54) is 0 Å². The maximum atomic E-state index is 12.4. The lowest BCUT2D eigenvalue weighted by Crippen LogP contribution is -2.31. The van der Waals surface area contributed by atoms with Crippen molar-refractivity contribution < 1.29 is 8.42 Å². The van der Waals surface area contributed by atoms with Crippen LogP contribution in [-0.2, 0) is 10.0 Å². The van der Waals surface area contributed by atoms with Gasteiger partial charge in [0, 0.05) is 13.1 Å². The third kappa shape index (κ3) is 3.82. The van der Waals surface area contributed by atoms with Gasteiger partial charge in [-0.1, -0.05) is 38.8 Å². The minimum atomic E-state index is -3.32. The molecule has 4 heteroatoms. The molecule has 0 bridgehead atoms. The number of hydrogen-bond donors (Lipinski definition) is 0. The molecular formula is C14H23NO2S. The van der Waals surface area contributed by atoms with Gasteiger partial charge >= 0.3 is 0 Å². The van der Waals surface area contributed by atoms with Crippen molar-refractivity contribution >= 4 is 10.0 Å². The topological polar surface area (TPSA) is 37.4 Å². The van der Waals surface area contributed by atoms with Crippen LogP contribution >= 0.6 is 0 Å². The molecule has 0 spiro atoms. The molecule has 0 saturated carbocycles. The van der Waals surface area contributed by atoms with Crippen LogP contribution in [0.25, 0.3) is 0 Å². The number of rotatable bonds is 7. The maximum Gasteiger partial charge on any atom is 0.243 e. The molecule has 0 atom stereocenters. The van der Waals surface area contributed by atoms with E-state index in [-0.39, 0.29) is 0 Å². The second kappa shape index (κ2) is 6.90. The standard InChI is InChI=1S/C14H23NO2S/c1-4-6-7-11-15(5-2)18(16,17)14-10-8-9-13(3)12-14/h8-10,12H,4-7,11H2,1-3H3. The van der Waals surface area contributed by atoms with E-state index in [4.69, 9.17) is 0 Å². The molecule has 0 unspecified atom stereocenters. The van der Waals surface area contributed by atoms with E-state index in [0.29, 0.717) is 18.0 Å². The van der Waals surface area contributed by atoms with Crippen LogP contribution in [0.3, 0.4) is 0 Å². The van der Waals surface area contributed by atoms with Crippen molar-refractivity contribution in [1.82, 2.24) is 4.31 Å². The van der Waals surface area contributed by atoms with Gasteiger partial charge < -0.3 is 0 Å². The maximum absolute atomic E-state index is 12.4. The first-order chi connectivity index (χ1) is 8.52. The summed E-state index contributed by atoms with van der Waals surface area (Å²) in [6.45, 7) is 7.05. The van der Waals surface area contributed by atoms with Crippen molar-refractivity contribution in [2.45, 2.75) is 44.9 Å². The number of benzene rings is 1. The zero-order valence-corrected chi connectivity index (χ0v) is 12.3. The van der Waals surface area contributed by atoms with Gasteiger partial charge in [0.25, 0.3) is 0 Å². The summed E-state index contributed by atoms with van der Waals surface area (Å²) in [5, 5.41) is 0. The molecule has 0 heterocycles. The normalized spacial score (nSPS) is 12.0. The minimum absolute atomic E-state index is 0.404. The van der Waals surface area contributed by atoms with Crippen molar-refractivity contribution in [3.8, 4) is 0 Å². The molecule has 1 rings (SSSR count). The predicted octanol–water partition coefficient (Wildman–Crippen LogP) is 3.20. The van der Waals surface area contributed by atoms with Gasteiger partial charge in [-0.05, 0) is 31.0 Å². The van der Waals surface area contributed by atoms with Crippen molar-refractivity contribution in [2.24, 2.45) is 0 Å². The highest BCUT2D eigenvalue weighted by Crippen LogP contribution is 2.17. The summed E-state index contributed by atoms with van der Waals surface area (Å²) in [6.07, 6.45) is 3.09. The molecule has 0 fully saturated rings. The summed E-state index contributed by atoms with van der Waals surface area (Å²) in [5.74, 6) is 0. The Kier molecular flexibility index (Phi) is 5.82. The van der Waals surface area contributed by atoms with E-state index in [0.717, 1.165) is 24.8 Å². The van der Waals surface area contributed by atoms with Gasteiger partial charge in [0.1, 0.15) is 0 Å². The minimum Gasteiger partial charge on any atom is -0.207 e. The smallest absolute Gasteiger partial charge is 0.207 e. The summed E-state index contributed by atoms with van der Waals surface area (Å²) < 4.78 is 26.4. The SMILES string of the molecule is CCCCCN(CC)S(=O)(=O)c1cccc(C)c1. The molecule has 0 aliphatic heterocycles. The molecule has 0 saturated heterocycles. The van der Waals surface area contributed by atoms with Gasteiger partial charge in [-0.25, -0.2) is 8.42 Å². The number of aryl methyl sites for hydroxylation is 1. The summed E-state index contributed by atoms with van der Waals surface area (Å²) in [4.78, 5) is 0.404. The van der Waals surface area contributed by atoms with E-state index in [9.17, 15) is 8.42 Å². The third-order valence-corrected chi connectivity index (χ3v) is 4.96. The summed E-state index contributed by atoms with van der Waals surface area (Å²) in [7, 11) is -3.32. The monoisotopic (exact) mass is 269 g/mol. The summed E-state index contributed by atoms with van der Waals surface area (Å²) >= 11 is 0. The Hall–Kier alpha value is -0.870. The molecule has 1 aromatic rings. The van der Waals surface area contributed by atoms with E-state index in [1.807, 2.05) is 19.9 Å². The van der Waals surface area contributed by atoms with E-state index >= 15 is 0 Å². The largest absolute Gasteiger partial charge is 0.243 e.